The van der Waals surface area contributed by atoms with E-state index in [2.05, 4.69) is 95.6 Å². The highest BCUT2D eigenvalue weighted by Crippen LogP contribution is 2.66. The normalized spacial score (nSPS) is 27.7. The minimum absolute atomic E-state index is 0.0112. The molecule has 0 aliphatic heterocycles. The molecule has 0 spiro atoms. The van der Waals surface area contributed by atoms with Crippen molar-refractivity contribution in [2.24, 2.45) is 11.3 Å². The van der Waals surface area contributed by atoms with E-state index >= 15 is 0 Å². The third-order valence-corrected chi connectivity index (χ3v) is 13.0. The van der Waals surface area contributed by atoms with Crippen molar-refractivity contribution >= 4 is 124 Å². The largest absolute Gasteiger partial charge is 0.455 e. The zero-order valence-corrected chi connectivity index (χ0v) is 33.7. The lowest BCUT2D eigenvalue weighted by Crippen LogP contribution is -2.67. The van der Waals surface area contributed by atoms with E-state index in [1.54, 1.807) is 24.3 Å². The van der Waals surface area contributed by atoms with Gasteiger partial charge in [-0.2, -0.15) is 17.2 Å². The molecule has 0 radical (unpaired) electrons. The van der Waals surface area contributed by atoms with E-state index in [0.717, 1.165) is 0 Å². The smallest absolute Gasteiger partial charge is 0.405 e. The van der Waals surface area contributed by atoms with E-state index in [1.807, 2.05) is 0 Å². The van der Waals surface area contributed by atoms with Crippen LogP contribution in [0.3, 0.4) is 0 Å². The summed E-state index contributed by atoms with van der Waals surface area (Å²) in [4.78, 5) is 41.2. The number of hydrogen-bond donors (Lipinski definition) is 1. The van der Waals surface area contributed by atoms with Crippen molar-refractivity contribution in [3.63, 3.8) is 0 Å². The molecule has 6 rings (SSSR count). The standard InChI is InChI=1S/C28H22Br6F2O9S/c1-12(28(35,36)46(40,41)42)43-24(39)25-6-13-7-26(9-25,44-22(37)20-16(31)2-14(29)3-17(20)32)11-27(8-13,10-25)45-23(38)21-18(33)4-15(30)5-19(21)34/h2-5,12-13H,6-11H2,1H3,(H,40,41,42). The summed E-state index contributed by atoms with van der Waals surface area (Å²) in [5, 5.41) is -4.79. The van der Waals surface area contributed by atoms with Crippen LogP contribution < -0.4 is 0 Å². The van der Waals surface area contributed by atoms with Crippen molar-refractivity contribution in [2.75, 3.05) is 0 Å². The molecule has 2 aromatic carbocycles. The van der Waals surface area contributed by atoms with Gasteiger partial charge in [-0.05, 0) is 120 Å². The van der Waals surface area contributed by atoms with Gasteiger partial charge in [-0.3, -0.25) is 9.35 Å². The Bertz CT molecular complexity index is 1640. The first kappa shape index (κ1) is 36.8. The lowest BCUT2D eigenvalue weighted by Gasteiger charge is -2.63. The van der Waals surface area contributed by atoms with Crippen LogP contribution in [0.25, 0.3) is 0 Å². The number of carbonyl (C=O) groups is 3. The van der Waals surface area contributed by atoms with Gasteiger partial charge in [-0.15, -0.1) is 0 Å². The van der Waals surface area contributed by atoms with Crippen LogP contribution in [0.2, 0.25) is 0 Å². The third kappa shape index (κ3) is 6.80. The average molecular weight is 1050 g/mol. The van der Waals surface area contributed by atoms with Crippen molar-refractivity contribution in [3.8, 4) is 0 Å². The van der Waals surface area contributed by atoms with Gasteiger partial charge in [0.15, 0.2) is 6.10 Å². The zero-order valence-electron chi connectivity index (χ0n) is 23.4. The van der Waals surface area contributed by atoms with Crippen LogP contribution in [-0.4, -0.2) is 53.4 Å². The fraction of sp³-hybridized carbons (Fsp3) is 0.464. The number of carbonyl (C=O) groups excluding carboxylic acids is 3. The summed E-state index contributed by atoms with van der Waals surface area (Å²) in [6, 6.07) is 6.59. The topological polar surface area (TPSA) is 133 Å². The number of benzene rings is 2. The second-order valence-corrected chi connectivity index (χ2v) is 18.8. The van der Waals surface area contributed by atoms with Gasteiger partial charge in [0, 0.05) is 46.1 Å². The molecule has 4 aliphatic rings. The van der Waals surface area contributed by atoms with Crippen molar-refractivity contribution in [3.05, 3.63) is 62.2 Å². The molecule has 3 atom stereocenters. The average Bonchev–Trinajstić information content (AvgIpc) is 2.85. The van der Waals surface area contributed by atoms with Crippen LogP contribution >= 0.6 is 95.6 Å². The molecule has 46 heavy (non-hydrogen) atoms. The Labute approximate surface area is 312 Å². The van der Waals surface area contributed by atoms with E-state index in [4.69, 9.17) is 18.8 Å². The zero-order chi connectivity index (χ0) is 34.2. The second kappa shape index (κ2) is 12.7. The Morgan fingerprint density at radius 2 is 1.20 bits per heavy atom. The molecule has 9 nitrogen and oxygen atoms in total. The molecule has 4 saturated carbocycles. The minimum atomic E-state index is -5.92. The predicted octanol–water partition coefficient (Wildman–Crippen LogP) is 9.15. The van der Waals surface area contributed by atoms with Crippen LogP contribution in [0, 0.1) is 11.3 Å². The summed E-state index contributed by atoms with van der Waals surface area (Å²) < 4.78 is 81.1. The molecule has 4 fully saturated rings. The molecule has 2 aromatic rings. The number of hydrogen-bond acceptors (Lipinski definition) is 8. The minimum Gasteiger partial charge on any atom is -0.455 e. The fourth-order valence-electron chi connectivity index (χ4n) is 7.25. The monoisotopic (exact) mass is 1050 g/mol. The molecule has 18 heteroatoms. The number of halogens is 8. The maximum atomic E-state index is 14.5. The van der Waals surface area contributed by atoms with Crippen LogP contribution in [-0.2, 0) is 29.1 Å². The van der Waals surface area contributed by atoms with Crippen LogP contribution in [0.5, 0.6) is 0 Å². The lowest BCUT2D eigenvalue weighted by atomic mass is 9.46. The van der Waals surface area contributed by atoms with E-state index in [9.17, 15) is 31.6 Å². The van der Waals surface area contributed by atoms with Crippen LogP contribution in [0.15, 0.2) is 51.1 Å². The van der Waals surface area contributed by atoms with Gasteiger partial charge in [0.25, 0.3) is 0 Å². The molecule has 0 heterocycles. The number of alkyl halides is 2. The molecular formula is C28H22Br6F2O9S. The number of esters is 3. The molecule has 0 saturated heterocycles. The van der Waals surface area contributed by atoms with Crippen molar-refractivity contribution < 1.29 is 50.3 Å². The summed E-state index contributed by atoms with van der Waals surface area (Å²) in [5.74, 6) is -3.04. The first-order chi connectivity index (χ1) is 21.1. The van der Waals surface area contributed by atoms with Gasteiger partial charge in [-0.25, -0.2) is 9.59 Å². The van der Waals surface area contributed by atoms with E-state index in [1.165, 1.54) is 0 Å². The Balaban J connectivity index is 1.54. The summed E-state index contributed by atoms with van der Waals surface area (Å²) >= 11 is 20.2. The van der Waals surface area contributed by atoms with Crippen molar-refractivity contribution in [1.82, 2.24) is 0 Å². The maximum Gasteiger partial charge on any atom is 0.405 e. The predicted molar refractivity (Wildman–Crippen MR) is 181 cm³/mol. The quantitative estimate of drug-likeness (QED) is 0.156. The molecular weight excluding hydrogens is 1030 g/mol. The molecule has 3 unspecified atom stereocenters. The van der Waals surface area contributed by atoms with Gasteiger partial charge in [-0.1, -0.05) is 31.9 Å². The van der Waals surface area contributed by atoms with E-state index < -0.39 is 56.0 Å². The Hall–Kier alpha value is -0.500. The molecule has 250 valence electrons. The highest BCUT2D eigenvalue weighted by molar-refractivity contribution is 9.12. The highest BCUT2D eigenvalue weighted by atomic mass is 79.9. The Kier molecular flexibility index (Phi) is 10.1. The SMILES string of the molecule is CC(OC(=O)C12CC3CC(OC(=O)c4c(Br)cc(Br)cc4Br)(CC(OC(=O)c4c(Br)cc(Br)cc4Br)(C3)C1)C2)C(F)(F)S(=O)(=O)O. The van der Waals surface area contributed by atoms with Gasteiger partial charge in [0.05, 0.1) is 16.5 Å². The summed E-state index contributed by atoms with van der Waals surface area (Å²) in [7, 11) is -5.92. The fourth-order valence-corrected chi connectivity index (χ4v) is 12.9. The Morgan fingerprint density at radius 3 is 1.57 bits per heavy atom. The number of rotatable bonds is 8. The van der Waals surface area contributed by atoms with Crippen LogP contribution in [0.4, 0.5) is 8.78 Å². The molecule has 0 aromatic heterocycles. The second-order valence-electron chi connectivity index (χ2n) is 12.0. The van der Waals surface area contributed by atoms with E-state index in [-0.39, 0.29) is 42.7 Å². The van der Waals surface area contributed by atoms with Crippen molar-refractivity contribution in [1.29, 1.82) is 0 Å². The first-order valence-electron chi connectivity index (χ1n) is 13.4. The van der Waals surface area contributed by atoms with Gasteiger partial charge in [0.1, 0.15) is 11.2 Å². The summed E-state index contributed by atoms with van der Waals surface area (Å²) in [5.41, 5.74) is -4.04. The first-order valence-corrected chi connectivity index (χ1v) is 19.6. The number of ether oxygens (including phenoxy) is 3. The van der Waals surface area contributed by atoms with Gasteiger partial charge >= 0.3 is 33.3 Å². The molecule has 0 amide bonds. The molecule has 1 N–H and O–H groups in total. The van der Waals surface area contributed by atoms with Gasteiger partial charge < -0.3 is 14.2 Å². The molecule has 4 aliphatic carbocycles. The molecule has 4 bridgehead atoms. The third-order valence-electron chi connectivity index (χ3n) is 8.54. The van der Waals surface area contributed by atoms with Crippen molar-refractivity contribution in [2.45, 2.75) is 68.0 Å². The highest BCUT2D eigenvalue weighted by Gasteiger charge is 2.70. The maximum absolute atomic E-state index is 14.5. The lowest BCUT2D eigenvalue weighted by molar-refractivity contribution is -0.241. The Morgan fingerprint density at radius 1 is 0.804 bits per heavy atom. The van der Waals surface area contributed by atoms with Crippen LogP contribution in [0.1, 0.15) is 66.2 Å². The summed E-state index contributed by atoms with van der Waals surface area (Å²) in [6.07, 6.45) is -2.13. The van der Waals surface area contributed by atoms with Gasteiger partial charge in [0.2, 0.25) is 0 Å². The van der Waals surface area contributed by atoms with E-state index in [0.29, 0.717) is 46.6 Å². The summed E-state index contributed by atoms with van der Waals surface area (Å²) in [6.45, 7) is 0.656.